The number of ketones is 1. The van der Waals surface area contributed by atoms with Crippen LogP contribution in [0.1, 0.15) is 29.7 Å². The molecule has 1 N–H and O–H groups in total. The van der Waals surface area contributed by atoms with E-state index in [2.05, 4.69) is 0 Å². The fourth-order valence-electron chi connectivity index (χ4n) is 5.65. The smallest absolute Gasteiger partial charge is 0.301 e. The molecule has 238 valence electrons. The fraction of sp³-hybridized carbons (Fsp3) is 0.194. The summed E-state index contributed by atoms with van der Waals surface area (Å²) in [5.74, 6) is 0.493. The largest absolute Gasteiger partial charge is 0.507 e. The Kier molecular flexibility index (Phi) is 8.13. The zero-order valence-electron chi connectivity index (χ0n) is 25.6. The van der Waals surface area contributed by atoms with Crippen molar-refractivity contribution in [2.24, 2.45) is 0 Å². The molecule has 7 rings (SSSR count). The van der Waals surface area contributed by atoms with Crippen LogP contribution in [-0.2, 0) is 16.2 Å². The van der Waals surface area contributed by atoms with Gasteiger partial charge in [0.15, 0.2) is 28.1 Å². The number of thiazole rings is 1. The van der Waals surface area contributed by atoms with Gasteiger partial charge in [-0.15, -0.1) is 0 Å². The number of nitrogens with zero attached hydrogens (tertiary/aromatic N) is 2. The van der Waals surface area contributed by atoms with Crippen molar-refractivity contribution in [3.05, 3.63) is 107 Å². The second-order valence-corrected chi connectivity index (χ2v) is 11.8. The van der Waals surface area contributed by atoms with Gasteiger partial charge in [0.1, 0.15) is 31.3 Å². The molecule has 1 atom stereocenters. The van der Waals surface area contributed by atoms with Gasteiger partial charge in [0.05, 0.1) is 35.5 Å². The SMILES string of the molecule is CCOc1ccc2nc(N3C(=O)C(=O)/C(=C(/O)c4ccc5c(c4)OCCO5)C3c3ccc(OCc4ccccc4)c(OC)c3)sc2c1. The zero-order valence-corrected chi connectivity index (χ0v) is 26.4. The Morgan fingerprint density at radius 3 is 2.53 bits per heavy atom. The molecule has 11 heteroatoms. The molecule has 10 nitrogen and oxygen atoms in total. The molecule has 2 aliphatic rings. The highest BCUT2D eigenvalue weighted by molar-refractivity contribution is 7.22. The number of rotatable bonds is 9. The Bertz CT molecular complexity index is 2020. The summed E-state index contributed by atoms with van der Waals surface area (Å²) in [4.78, 5) is 33.8. The van der Waals surface area contributed by atoms with Gasteiger partial charge in [-0.2, -0.15) is 0 Å². The molecule has 5 aromatic rings. The number of aliphatic hydroxyl groups is 1. The summed E-state index contributed by atoms with van der Waals surface area (Å²) in [6.07, 6.45) is 0. The number of amides is 1. The van der Waals surface area contributed by atoms with Crippen LogP contribution in [0.4, 0.5) is 5.13 Å². The topological polar surface area (TPSA) is 117 Å². The van der Waals surface area contributed by atoms with Crippen LogP contribution in [0.5, 0.6) is 28.7 Å². The first-order valence-corrected chi connectivity index (χ1v) is 15.9. The normalized spacial score (nSPS) is 16.8. The minimum atomic E-state index is -1.04. The number of carbonyl (C=O) groups is 2. The maximum absolute atomic E-state index is 13.9. The molecule has 1 aromatic heterocycles. The van der Waals surface area contributed by atoms with Crippen LogP contribution in [0, 0.1) is 0 Å². The van der Waals surface area contributed by atoms with E-state index in [4.69, 9.17) is 28.7 Å². The number of fused-ring (bicyclic) bond motifs is 2. The molecule has 0 radical (unpaired) electrons. The van der Waals surface area contributed by atoms with E-state index in [0.717, 1.165) is 10.3 Å². The third-order valence-corrected chi connectivity index (χ3v) is 8.88. The number of hydrogen-bond acceptors (Lipinski definition) is 10. The number of aromatic nitrogens is 1. The van der Waals surface area contributed by atoms with Crippen LogP contribution < -0.4 is 28.6 Å². The van der Waals surface area contributed by atoms with Crippen LogP contribution in [-0.4, -0.2) is 48.7 Å². The zero-order chi connectivity index (χ0) is 32.5. The van der Waals surface area contributed by atoms with E-state index in [9.17, 15) is 14.7 Å². The number of aliphatic hydroxyl groups excluding tert-OH is 1. The molecular weight excluding hydrogens is 620 g/mol. The molecule has 1 unspecified atom stereocenters. The highest BCUT2D eigenvalue weighted by Gasteiger charge is 2.48. The van der Waals surface area contributed by atoms with Crippen molar-refractivity contribution >= 4 is 44.1 Å². The predicted octanol–water partition coefficient (Wildman–Crippen LogP) is 6.68. The van der Waals surface area contributed by atoms with Crippen LogP contribution in [0.25, 0.3) is 16.0 Å². The molecule has 0 bridgehead atoms. The van der Waals surface area contributed by atoms with Crippen LogP contribution >= 0.6 is 11.3 Å². The lowest BCUT2D eigenvalue weighted by Gasteiger charge is -2.24. The second-order valence-electron chi connectivity index (χ2n) is 10.8. The summed E-state index contributed by atoms with van der Waals surface area (Å²) >= 11 is 1.25. The lowest BCUT2D eigenvalue weighted by molar-refractivity contribution is -0.132. The van der Waals surface area contributed by atoms with Gasteiger partial charge in [-0.1, -0.05) is 47.7 Å². The van der Waals surface area contributed by atoms with Crippen molar-refractivity contribution in [1.82, 2.24) is 4.98 Å². The average molecular weight is 651 g/mol. The Morgan fingerprint density at radius 1 is 0.936 bits per heavy atom. The number of Topliss-reactive ketones (excluding diaryl/α,β-unsaturated/α-hetero) is 1. The first-order valence-electron chi connectivity index (χ1n) is 15.0. The van der Waals surface area contributed by atoms with E-state index in [1.807, 2.05) is 55.5 Å². The van der Waals surface area contributed by atoms with E-state index in [-0.39, 0.29) is 11.3 Å². The first kappa shape index (κ1) is 30.1. The Balaban J connectivity index is 1.34. The van der Waals surface area contributed by atoms with E-state index >= 15 is 0 Å². The van der Waals surface area contributed by atoms with Gasteiger partial charge in [0.25, 0.3) is 5.78 Å². The maximum atomic E-state index is 13.9. The maximum Gasteiger partial charge on any atom is 0.301 e. The molecule has 2 aliphatic heterocycles. The van der Waals surface area contributed by atoms with E-state index in [1.54, 1.807) is 36.4 Å². The molecule has 3 heterocycles. The highest BCUT2D eigenvalue weighted by atomic mass is 32.1. The number of anilines is 1. The van der Waals surface area contributed by atoms with Gasteiger partial charge in [-0.3, -0.25) is 14.5 Å². The summed E-state index contributed by atoms with van der Waals surface area (Å²) in [5.41, 5.74) is 2.35. The van der Waals surface area contributed by atoms with Crippen molar-refractivity contribution in [2.75, 3.05) is 31.8 Å². The summed E-state index contributed by atoms with van der Waals surface area (Å²) in [7, 11) is 1.52. The minimum Gasteiger partial charge on any atom is -0.507 e. The first-order chi connectivity index (χ1) is 22.9. The van der Waals surface area contributed by atoms with Gasteiger partial charge < -0.3 is 28.8 Å². The lowest BCUT2D eigenvalue weighted by atomic mass is 9.95. The number of methoxy groups -OCH3 is 1. The van der Waals surface area contributed by atoms with Crippen LogP contribution in [0.15, 0.2) is 90.5 Å². The molecule has 1 saturated heterocycles. The average Bonchev–Trinajstić information content (AvgIpc) is 3.64. The standard InChI is InChI=1S/C36H30N2O8S/c1-3-43-24-11-12-25-30(19-24)47-36(37-25)38-32(22-9-13-26(28(17-22)42-2)46-20-21-7-5-4-6-8-21)31(34(40)35(38)41)33(39)23-10-14-27-29(18-23)45-16-15-44-27/h4-14,17-19,32,39H,3,15-16,20H2,1-2H3/b33-31+. The Labute approximate surface area is 274 Å². The second kappa shape index (κ2) is 12.7. The third kappa shape index (κ3) is 5.70. The van der Waals surface area contributed by atoms with Gasteiger partial charge in [-0.05, 0) is 66.6 Å². The van der Waals surface area contributed by atoms with E-state index < -0.39 is 17.7 Å². The van der Waals surface area contributed by atoms with Gasteiger partial charge in [0, 0.05) is 5.56 Å². The molecule has 47 heavy (non-hydrogen) atoms. The van der Waals surface area contributed by atoms with Crippen LogP contribution in [0.3, 0.4) is 0 Å². The van der Waals surface area contributed by atoms with E-state index in [0.29, 0.717) is 77.0 Å². The van der Waals surface area contributed by atoms with Crippen molar-refractivity contribution in [3.63, 3.8) is 0 Å². The minimum absolute atomic E-state index is 0.0963. The summed E-state index contributed by atoms with van der Waals surface area (Å²) < 4.78 is 29.6. The van der Waals surface area contributed by atoms with Gasteiger partial charge in [0.2, 0.25) is 0 Å². The van der Waals surface area contributed by atoms with Crippen LogP contribution in [0.2, 0.25) is 0 Å². The van der Waals surface area contributed by atoms with E-state index in [1.165, 1.54) is 23.3 Å². The monoisotopic (exact) mass is 650 g/mol. The van der Waals surface area contributed by atoms with Crippen molar-refractivity contribution < 1.29 is 38.4 Å². The lowest BCUT2D eigenvalue weighted by Crippen LogP contribution is -2.29. The molecule has 1 fully saturated rings. The summed E-state index contributed by atoms with van der Waals surface area (Å²) in [6.45, 7) is 3.47. The summed E-state index contributed by atoms with van der Waals surface area (Å²) in [6, 6.07) is 24.2. The molecular formula is C36H30N2O8S. The van der Waals surface area contributed by atoms with Crippen molar-refractivity contribution in [3.8, 4) is 28.7 Å². The Hall–Kier alpha value is -5.55. The third-order valence-electron chi connectivity index (χ3n) is 7.87. The quantitative estimate of drug-likeness (QED) is 0.106. The summed E-state index contributed by atoms with van der Waals surface area (Å²) in [5, 5.41) is 12.0. The van der Waals surface area contributed by atoms with Crippen molar-refractivity contribution in [2.45, 2.75) is 19.6 Å². The molecule has 0 aliphatic carbocycles. The number of hydrogen-bond donors (Lipinski definition) is 1. The highest BCUT2D eigenvalue weighted by Crippen LogP contribution is 2.47. The fourth-order valence-corrected chi connectivity index (χ4v) is 6.67. The molecule has 0 saturated carbocycles. The van der Waals surface area contributed by atoms with Gasteiger partial charge in [-0.25, -0.2) is 4.98 Å². The molecule has 4 aromatic carbocycles. The number of benzene rings is 4. The number of carbonyl (C=O) groups excluding carboxylic acids is 2. The predicted molar refractivity (Wildman–Crippen MR) is 177 cm³/mol. The molecule has 0 spiro atoms. The van der Waals surface area contributed by atoms with Gasteiger partial charge >= 0.3 is 5.91 Å². The van der Waals surface area contributed by atoms with Crippen molar-refractivity contribution in [1.29, 1.82) is 0 Å². The Morgan fingerprint density at radius 2 is 1.74 bits per heavy atom. The molecule has 1 amide bonds. The number of ether oxygens (including phenoxy) is 5.